The number of anilines is 1. The normalized spacial score (nSPS) is 12.0. The standard InChI is InChI=1S/C29H35N3O4S/c1-5-27(29(34)30-4)31(19-18-24-11-7-6-8-12-24)28(33)21-32(25-13-9-10-23(3)20-25)37(35,36)26-16-14-22(2)15-17-26/h6-17,20,27H,5,18-19,21H2,1-4H3,(H,30,34). The van der Waals surface area contributed by atoms with Crippen LogP contribution in [0.15, 0.2) is 83.8 Å². The van der Waals surface area contributed by atoms with Crippen molar-refractivity contribution >= 4 is 27.5 Å². The lowest BCUT2D eigenvalue weighted by molar-refractivity contribution is -0.139. The smallest absolute Gasteiger partial charge is 0.264 e. The lowest BCUT2D eigenvalue weighted by Gasteiger charge is -2.33. The Hall–Kier alpha value is -3.65. The molecule has 0 saturated heterocycles. The number of amides is 2. The molecule has 1 atom stereocenters. The zero-order chi connectivity index (χ0) is 27.0. The van der Waals surface area contributed by atoms with Crippen LogP contribution >= 0.6 is 0 Å². The SMILES string of the molecule is CCC(C(=O)NC)N(CCc1ccccc1)C(=O)CN(c1cccc(C)c1)S(=O)(=O)c1ccc(C)cc1. The van der Waals surface area contributed by atoms with Gasteiger partial charge in [0.05, 0.1) is 10.6 Å². The van der Waals surface area contributed by atoms with Crippen molar-refractivity contribution in [1.82, 2.24) is 10.2 Å². The molecule has 2 amide bonds. The molecule has 3 rings (SSSR count). The molecule has 7 nitrogen and oxygen atoms in total. The van der Waals surface area contributed by atoms with Crippen LogP contribution in [0.4, 0.5) is 5.69 Å². The number of hydrogen-bond acceptors (Lipinski definition) is 4. The fourth-order valence-electron chi connectivity index (χ4n) is 4.21. The summed E-state index contributed by atoms with van der Waals surface area (Å²) in [6.07, 6.45) is 0.935. The first-order chi connectivity index (χ1) is 17.7. The van der Waals surface area contributed by atoms with Crippen LogP contribution in [0, 0.1) is 13.8 Å². The van der Waals surface area contributed by atoms with Gasteiger partial charge in [-0.1, -0.05) is 67.1 Å². The van der Waals surface area contributed by atoms with Crippen molar-refractivity contribution in [2.45, 2.75) is 44.6 Å². The van der Waals surface area contributed by atoms with Crippen LogP contribution < -0.4 is 9.62 Å². The van der Waals surface area contributed by atoms with E-state index in [1.54, 1.807) is 42.5 Å². The van der Waals surface area contributed by atoms with Gasteiger partial charge in [0.1, 0.15) is 12.6 Å². The van der Waals surface area contributed by atoms with Crippen molar-refractivity contribution < 1.29 is 18.0 Å². The predicted octanol–water partition coefficient (Wildman–Crippen LogP) is 4.09. The number of hydrogen-bond donors (Lipinski definition) is 1. The molecule has 196 valence electrons. The lowest BCUT2D eigenvalue weighted by Crippen LogP contribution is -2.52. The number of nitrogens with zero attached hydrogens (tertiary/aromatic N) is 2. The summed E-state index contributed by atoms with van der Waals surface area (Å²) in [6, 6.07) is 22.6. The van der Waals surface area contributed by atoms with Gasteiger partial charge in [0.2, 0.25) is 11.8 Å². The molecule has 0 bridgehead atoms. The number of sulfonamides is 1. The van der Waals surface area contributed by atoms with Gasteiger partial charge in [-0.15, -0.1) is 0 Å². The second-order valence-corrected chi connectivity index (χ2v) is 10.9. The van der Waals surface area contributed by atoms with Gasteiger partial charge in [-0.25, -0.2) is 8.42 Å². The largest absolute Gasteiger partial charge is 0.357 e. The van der Waals surface area contributed by atoms with E-state index < -0.39 is 28.5 Å². The van der Waals surface area contributed by atoms with Gasteiger partial charge in [-0.05, 0) is 62.1 Å². The Labute approximate surface area is 220 Å². The molecule has 37 heavy (non-hydrogen) atoms. The maximum Gasteiger partial charge on any atom is 0.264 e. The second-order valence-electron chi connectivity index (χ2n) is 9.02. The van der Waals surface area contributed by atoms with E-state index >= 15 is 0 Å². The number of likely N-dealkylation sites (N-methyl/N-ethyl adjacent to an activating group) is 1. The summed E-state index contributed by atoms with van der Waals surface area (Å²) >= 11 is 0. The molecule has 1 N–H and O–H groups in total. The number of nitrogens with one attached hydrogen (secondary N) is 1. The summed E-state index contributed by atoms with van der Waals surface area (Å²) in [6.45, 7) is 5.44. The summed E-state index contributed by atoms with van der Waals surface area (Å²) in [4.78, 5) is 28.1. The minimum atomic E-state index is -4.06. The van der Waals surface area contributed by atoms with Crippen LogP contribution in [0.2, 0.25) is 0 Å². The average molecular weight is 522 g/mol. The minimum absolute atomic E-state index is 0.0987. The van der Waals surface area contributed by atoms with Crippen molar-refractivity contribution in [1.29, 1.82) is 0 Å². The molecule has 0 spiro atoms. The van der Waals surface area contributed by atoms with Gasteiger partial charge in [0, 0.05) is 13.6 Å². The molecule has 3 aromatic rings. The Kier molecular flexibility index (Phi) is 9.47. The van der Waals surface area contributed by atoms with E-state index in [9.17, 15) is 18.0 Å². The topological polar surface area (TPSA) is 86.8 Å². The van der Waals surface area contributed by atoms with E-state index in [0.717, 1.165) is 21.0 Å². The van der Waals surface area contributed by atoms with E-state index in [2.05, 4.69) is 5.32 Å². The van der Waals surface area contributed by atoms with Crippen LogP contribution in [0.25, 0.3) is 0 Å². The molecular weight excluding hydrogens is 486 g/mol. The third-order valence-corrected chi connectivity index (χ3v) is 8.08. The fraction of sp³-hybridized carbons (Fsp3) is 0.310. The zero-order valence-electron chi connectivity index (χ0n) is 21.8. The van der Waals surface area contributed by atoms with Crippen molar-refractivity contribution in [3.8, 4) is 0 Å². The van der Waals surface area contributed by atoms with Crippen LogP contribution in [0.3, 0.4) is 0 Å². The van der Waals surface area contributed by atoms with E-state index in [-0.39, 0.29) is 17.3 Å². The van der Waals surface area contributed by atoms with Crippen LogP contribution in [0.1, 0.15) is 30.0 Å². The van der Waals surface area contributed by atoms with Crippen LogP contribution in [-0.2, 0) is 26.0 Å². The highest BCUT2D eigenvalue weighted by atomic mass is 32.2. The van der Waals surface area contributed by atoms with Gasteiger partial charge in [-0.2, -0.15) is 0 Å². The summed E-state index contributed by atoms with van der Waals surface area (Å²) in [5.41, 5.74) is 3.21. The molecule has 0 saturated carbocycles. The number of aryl methyl sites for hydroxylation is 2. The van der Waals surface area contributed by atoms with Gasteiger partial charge in [-0.3, -0.25) is 13.9 Å². The molecule has 3 aromatic carbocycles. The Balaban J connectivity index is 2.00. The molecule has 0 aliphatic carbocycles. The Morgan fingerprint density at radius 1 is 0.892 bits per heavy atom. The van der Waals surface area contributed by atoms with E-state index in [0.29, 0.717) is 18.5 Å². The molecular formula is C29H35N3O4S. The third-order valence-electron chi connectivity index (χ3n) is 6.29. The number of carbonyl (C=O) groups is 2. The quantitative estimate of drug-likeness (QED) is 0.412. The molecule has 8 heteroatoms. The number of rotatable bonds is 11. The Morgan fingerprint density at radius 2 is 1.57 bits per heavy atom. The van der Waals surface area contributed by atoms with Crippen LogP contribution in [-0.4, -0.2) is 51.3 Å². The van der Waals surface area contributed by atoms with E-state index in [1.807, 2.05) is 57.2 Å². The van der Waals surface area contributed by atoms with Crippen molar-refractivity contribution in [3.05, 3.63) is 95.6 Å². The Bertz CT molecular complexity index is 1310. The molecule has 0 radical (unpaired) electrons. The van der Waals surface area contributed by atoms with Crippen molar-refractivity contribution in [3.63, 3.8) is 0 Å². The van der Waals surface area contributed by atoms with Crippen molar-refractivity contribution in [2.24, 2.45) is 0 Å². The first kappa shape index (κ1) is 27.9. The predicted molar refractivity (Wildman–Crippen MR) is 147 cm³/mol. The molecule has 0 fully saturated rings. The van der Waals surface area contributed by atoms with Crippen LogP contribution in [0.5, 0.6) is 0 Å². The van der Waals surface area contributed by atoms with Gasteiger partial charge in [0.15, 0.2) is 0 Å². The highest BCUT2D eigenvalue weighted by molar-refractivity contribution is 7.92. The number of benzene rings is 3. The van der Waals surface area contributed by atoms with Gasteiger partial charge < -0.3 is 10.2 Å². The summed E-state index contributed by atoms with van der Waals surface area (Å²) in [5, 5.41) is 2.64. The summed E-state index contributed by atoms with van der Waals surface area (Å²) < 4.78 is 28.7. The maximum atomic E-state index is 13.8. The first-order valence-electron chi connectivity index (χ1n) is 12.4. The second kappa shape index (κ2) is 12.5. The molecule has 0 aliphatic rings. The number of carbonyl (C=O) groups excluding carboxylic acids is 2. The van der Waals surface area contributed by atoms with E-state index in [1.165, 1.54) is 11.9 Å². The zero-order valence-corrected chi connectivity index (χ0v) is 22.7. The van der Waals surface area contributed by atoms with Gasteiger partial charge >= 0.3 is 0 Å². The average Bonchev–Trinajstić information content (AvgIpc) is 2.89. The molecule has 0 heterocycles. The monoisotopic (exact) mass is 521 g/mol. The highest BCUT2D eigenvalue weighted by Gasteiger charge is 2.33. The first-order valence-corrected chi connectivity index (χ1v) is 13.8. The van der Waals surface area contributed by atoms with E-state index in [4.69, 9.17) is 0 Å². The Morgan fingerprint density at radius 3 is 2.16 bits per heavy atom. The summed E-state index contributed by atoms with van der Waals surface area (Å²) in [5.74, 6) is -0.726. The molecule has 1 unspecified atom stereocenters. The summed E-state index contributed by atoms with van der Waals surface area (Å²) in [7, 11) is -2.52. The molecule has 0 aliphatic heterocycles. The third kappa shape index (κ3) is 6.98. The van der Waals surface area contributed by atoms with Crippen molar-refractivity contribution in [2.75, 3.05) is 24.4 Å². The maximum absolute atomic E-state index is 13.8. The highest BCUT2D eigenvalue weighted by Crippen LogP contribution is 2.25. The molecule has 0 aromatic heterocycles. The fourth-order valence-corrected chi connectivity index (χ4v) is 5.62. The van der Waals surface area contributed by atoms with Gasteiger partial charge in [0.25, 0.3) is 10.0 Å². The lowest BCUT2D eigenvalue weighted by atomic mass is 10.1. The minimum Gasteiger partial charge on any atom is -0.357 e.